The van der Waals surface area contributed by atoms with Gasteiger partial charge in [0.25, 0.3) is 0 Å². The van der Waals surface area contributed by atoms with Crippen LogP contribution >= 0.6 is 0 Å². The van der Waals surface area contributed by atoms with Gasteiger partial charge in [-0.1, -0.05) is 34.6 Å². The molecule has 2 N–H and O–H groups in total. The molecule has 0 aliphatic heterocycles. The smallest absolute Gasteiger partial charge is 0.0626 e. The van der Waals surface area contributed by atoms with Crippen LogP contribution in [0.5, 0.6) is 0 Å². The molecule has 0 amide bonds. The van der Waals surface area contributed by atoms with E-state index in [9.17, 15) is 0 Å². The zero-order valence-corrected chi connectivity index (χ0v) is 10.6. The molecule has 0 rings (SSSR count). The first-order valence-electron chi connectivity index (χ1n) is 5.60. The fourth-order valence-corrected chi connectivity index (χ4v) is 1.25. The van der Waals surface area contributed by atoms with Crippen molar-refractivity contribution in [3.8, 4) is 0 Å². The van der Waals surface area contributed by atoms with E-state index in [4.69, 9.17) is 10.5 Å². The maximum atomic E-state index is 6.00. The lowest BCUT2D eigenvalue weighted by atomic mass is 9.88. The third-order valence-electron chi connectivity index (χ3n) is 2.48. The summed E-state index contributed by atoms with van der Waals surface area (Å²) in [5.41, 5.74) is 6.14. The largest absolute Gasteiger partial charge is 0.377 e. The Hall–Kier alpha value is -0.0800. The Bertz CT molecular complexity index is 149. The predicted molar refractivity (Wildman–Crippen MR) is 62.3 cm³/mol. The maximum absolute atomic E-state index is 6.00. The van der Waals surface area contributed by atoms with Gasteiger partial charge < -0.3 is 10.5 Å². The predicted octanol–water partition coefficient (Wildman–Crippen LogP) is 2.81. The molecule has 2 nitrogen and oxygen atoms in total. The van der Waals surface area contributed by atoms with E-state index in [1.54, 1.807) is 0 Å². The van der Waals surface area contributed by atoms with E-state index in [1.807, 2.05) is 0 Å². The van der Waals surface area contributed by atoms with Crippen molar-refractivity contribution < 1.29 is 4.74 Å². The average Bonchev–Trinajstić information content (AvgIpc) is 1.96. The van der Waals surface area contributed by atoms with Gasteiger partial charge in [0.2, 0.25) is 0 Å². The third-order valence-corrected chi connectivity index (χ3v) is 2.48. The highest BCUT2D eigenvalue weighted by molar-refractivity contribution is 4.76. The quantitative estimate of drug-likeness (QED) is 0.742. The van der Waals surface area contributed by atoms with Crippen LogP contribution in [0.1, 0.15) is 48.0 Å². The summed E-state index contributed by atoms with van der Waals surface area (Å²) in [5.74, 6) is 0.691. The molecule has 0 aromatic rings. The lowest BCUT2D eigenvalue weighted by Crippen LogP contribution is -2.40. The van der Waals surface area contributed by atoms with Crippen molar-refractivity contribution in [1.29, 1.82) is 0 Å². The molecule has 0 fully saturated rings. The van der Waals surface area contributed by atoms with Gasteiger partial charge in [-0.05, 0) is 24.7 Å². The summed E-state index contributed by atoms with van der Waals surface area (Å²) in [5, 5.41) is 0. The molecule has 2 atom stereocenters. The molecule has 0 aliphatic rings. The molecular formula is C12H27NO. The molecular weight excluding hydrogens is 174 g/mol. The molecule has 0 radical (unpaired) electrons. The summed E-state index contributed by atoms with van der Waals surface area (Å²) in [4.78, 5) is 0. The molecule has 14 heavy (non-hydrogen) atoms. The van der Waals surface area contributed by atoms with E-state index in [2.05, 4.69) is 41.5 Å². The van der Waals surface area contributed by atoms with Gasteiger partial charge in [0.1, 0.15) is 0 Å². The van der Waals surface area contributed by atoms with Crippen LogP contribution in [0.15, 0.2) is 0 Å². The lowest BCUT2D eigenvalue weighted by molar-refractivity contribution is 0.0256. The molecule has 0 spiro atoms. The SMILES string of the molecule is CC(C)CC(C)OCC(N)C(C)(C)C. The van der Waals surface area contributed by atoms with Gasteiger partial charge in [-0.25, -0.2) is 0 Å². The first-order valence-corrected chi connectivity index (χ1v) is 5.60. The fraction of sp³-hybridized carbons (Fsp3) is 1.00. The van der Waals surface area contributed by atoms with Gasteiger partial charge in [-0.2, -0.15) is 0 Å². The standard InChI is InChI=1S/C12H27NO/c1-9(2)7-10(3)14-8-11(13)12(4,5)6/h9-11H,7-8,13H2,1-6H3. The minimum atomic E-state index is 0.122. The molecule has 0 aromatic carbocycles. The number of nitrogens with two attached hydrogens (primary N) is 1. The monoisotopic (exact) mass is 201 g/mol. The Balaban J connectivity index is 3.72. The van der Waals surface area contributed by atoms with Crippen molar-refractivity contribution in [2.45, 2.75) is 60.1 Å². The van der Waals surface area contributed by atoms with Crippen molar-refractivity contribution in [2.24, 2.45) is 17.1 Å². The number of hydrogen-bond acceptors (Lipinski definition) is 2. The van der Waals surface area contributed by atoms with Gasteiger partial charge >= 0.3 is 0 Å². The zero-order chi connectivity index (χ0) is 11.4. The van der Waals surface area contributed by atoms with Crippen molar-refractivity contribution in [3.05, 3.63) is 0 Å². The van der Waals surface area contributed by atoms with Crippen LogP contribution in [-0.4, -0.2) is 18.8 Å². The topological polar surface area (TPSA) is 35.2 Å². The van der Waals surface area contributed by atoms with E-state index < -0.39 is 0 Å². The number of ether oxygens (including phenoxy) is 1. The second-order valence-electron chi connectivity index (χ2n) is 5.75. The molecule has 0 bridgehead atoms. The minimum Gasteiger partial charge on any atom is -0.377 e. The van der Waals surface area contributed by atoms with Crippen LogP contribution in [0.4, 0.5) is 0 Å². The van der Waals surface area contributed by atoms with Crippen molar-refractivity contribution in [2.75, 3.05) is 6.61 Å². The molecule has 0 aliphatic carbocycles. The second-order valence-corrected chi connectivity index (χ2v) is 5.75. The molecule has 0 aromatic heterocycles. The Labute approximate surface area is 89.2 Å². The van der Waals surface area contributed by atoms with Gasteiger partial charge in [0.15, 0.2) is 0 Å². The van der Waals surface area contributed by atoms with E-state index in [0.29, 0.717) is 18.6 Å². The second kappa shape index (κ2) is 5.72. The van der Waals surface area contributed by atoms with Crippen molar-refractivity contribution in [1.82, 2.24) is 0 Å². The summed E-state index contributed by atoms with van der Waals surface area (Å²) in [6.07, 6.45) is 1.43. The van der Waals surface area contributed by atoms with E-state index in [-0.39, 0.29) is 11.5 Å². The minimum absolute atomic E-state index is 0.122. The summed E-state index contributed by atoms with van der Waals surface area (Å²) < 4.78 is 5.72. The Morgan fingerprint density at radius 2 is 1.64 bits per heavy atom. The Morgan fingerprint density at radius 1 is 1.14 bits per heavy atom. The third kappa shape index (κ3) is 6.39. The summed E-state index contributed by atoms with van der Waals surface area (Å²) >= 11 is 0. The van der Waals surface area contributed by atoms with Gasteiger partial charge in [-0.3, -0.25) is 0 Å². The Morgan fingerprint density at radius 3 is 2.00 bits per heavy atom. The van der Waals surface area contributed by atoms with Crippen molar-refractivity contribution >= 4 is 0 Å². The number of rotatable bonds is 5. The van der Waals surface area contributed by atoms with Gasteiger partial charge in [0.05, 0.1) is 12.7 Å². The lowest BCUT2D eigenvalue weighted by Gasteiger charge is -2.28. The average molecular weight is 201 g/mol. The van der Waals surface area contributed by atoms with Crippen LogP contribution in [0, 0.1) is 11.3 Å². The van der Waals surface area contributed by atoms with Gasteiger partial charge in [-0.15, -0.1) is 0 Å². The van der Waals surface area contributed by atoms with Crippen LogP contribution in [0.3, 0.4) is 0 Å². The highest BCUT2D eigenvalue weighted by Crippen LogP contribution is 2.18. The maximum Gasteiger partial charge on any atom is 0.0626 e. The molecule has 0 saturated heterocycles. The Kier molecular flexibility index (Phi) is 5.68. The molecule has 0 heterocycles. The summed E-state index contributed by atoms with van der Waals surface area (Å²) in [6.45, 7) is 13.6. The molecule has 2 unspecified atom stereocenters. The fourth-order valence-electron chi connectivity index (χ4n) is 1.25. The highest BCUT2D eigenvalue weighted by atomic mass is 16.5. The molecule has 2 heteroatoms. The van der Waals surface area contributed by atoms with Crippen LogP contribution in [0.2, 0.25) is 0 Å². The van der Waals surface area contributed by atoms with E-state index in [1.165, 1.54) is 0 Å². The number of hydrogen-bond donors (Lipinski definition) is 1. The van der Waals surface area contributed by atoms with Crippen molar-refractivity contribution in [3.63, 3.8) is 0 Å². The molecule has 0 saturated carbocycles. The van der Waals surface area contributed by atoms with Crippen LogP contribution in [0.25, 0.3) is 0 Å². The first-order chi connectivity index (χ1) is 6.23. The van der Waals surface area contributed by atoms with E-state index >= 15 is 0 Å². The summed E-state index contributed by atoms with van der Waals surface area (Å²) in [7, 11) is 0. The normalized spacial score (nSPS) is 17.1. The highest BCUT2D eigenvalue weighted by Gasteiger charge is 2.21. The first kappa shape index (κ1) is 13.9. The van der Waals surface area contributed by atoms with E-state index in [0.717, 1.165) is 6.42 Å². The summed E-state index contributed by atoms with van der Waals surface area (Å²) in [6, 6.07) is 0.122. The van der Waals surface area contributed by atoms with Gasteiger partial charge in [0, 0.05) is 6.04 Å². The zero-order valence-electron chi connectivity index (χ0n) is 10.6. The van der Waals surface area contributed by atoms with Crippen LogP contribution in [-0.2, 0) is 4.74 Å². The molecule has 86 valence electrons. The van der Waals surface area contributed by atoms with Crippen LogP contribution < -0.4 is 5.73 Å².